The molecular weight excluding hydrogens is 428 g/mol. The molecule has 0 aliphatic heterocycles. The van der Waals surface area contributed by atoms with Crippen LogP contribution in [0.15, 0.2) is 66.9 Å². The number of fused-ring (bicyclic) bond motifs is 1. The molecule has 8 heteroatoms. The lowest BCUT2D eigenvalue weighted by Crippen LogP contribution is -2.16. The molecule has 2 N–H and O–H groups in total. The van der Waals surface area contributed by atoms with E-state index in [4.69, 9.17) is 4.74 Å². The van der Waals surface area contributed by atoms with Crippen LogP contribution in [0.25, 0.3) is 33.4 Å². The number of aromatic nitrogens is 4. The summed E-state index contributed by atoms with van der Waals surface area (Å²) in [5.41, 5.74) is 4.34. The van der Waals surface area contributed by atoms with Crippen molar-refractivity contribution in [2.24, 2.45) is 5.41 Å². The second-order valence-corrected chi connectivity index (χ2v) is 8.86. The van der Waals surface area contributed by atoms with E-state index in [9.17, 15) is 10.1 Å². The third kappa shape index (κ3) is 4.94. The van der Waals surface area contributed by atoms with Gasteiger partial charge in [-0.1, -0.05) is 26.8 Å². The Morgan fingerprint density at radius 3 is 2.68 bits per heavy atom. The zero-order valence-electron chi connectivity index (χ0n) is 19.4. The van der Waals surface area contributed by atoms with E-state index in [0.29, 0.717) is 11.4 Å². The SMILES string of the molecule is COc1cc(NC(=O)C(C#N)=CC(C)(C)C)cc(-c2cnc3[nH]cc(-c4ccncn4)c3c2)c1. The first-order valence-electron chi connectivity index (χ1n) is 10.6. The van der Waals surface area contributed by atoms with Gasteiger partial charge in [0.05, 0.1) is 12.8 Å². The predicted molar refractivity (Wildman–Crippen MR) is 131 cm³/mol. The first-order valence-corrected chi connectivity index (χ1v) is 10.6. The van der Waals surface area contributed by atoms with Crippen molar-refractivity contribution in [3.63, 3.8) is 0 Å². The molecule has 1 aromatic carbocycles. The van der Waals surface area contributed by atoms with Gasteiger partial charge in [-0.25, -0.2) is 15.0 Å². The van der Waals surface area contributed by atoms with Gasteiger partial charge in [0.2, 0.25) is 0 Å². The number of nitriles is 1. The Kier molecular flexibility index (Phi) is 6.11. The summed E-state index contributed by atoms with van der Waals surface area (Å²) in [5.74, 6) is 0.0955. The van der Waals surface area contributed by atoms with Crippen molar-refractivity contribution in [1.29, 1.82) is 5.26 Å². The summed E-state index contributed by atoms with van der Waals surface area (Å²) >= 11 is 0. The summed E-state index contributed by atoms with van der Waals surface area (Å²) in [7, 11) is 1.56. The number of nitrogens with one attached hydrogen (secondary N) is 2. The van der Waals surface area contributed by atoms with Gasteiger partial charge in [0.1, 0.15) is 29.4 Å². The standard InChI is InChI=1S/C26H24N6O2/c1-26(2,3)11-18(12-27)25(33)32-19-7-16(8-20(10-19)34-4)17-9-21-22(14-30-24(21)29-13-17)23-5-6-28-15-31-23/h5-11,13-15H,1-4H3,(H,29,30)(H,32,33). The number of hydrogen-bond donors (Lipinski definition) is 2. The van der Waals surface area contributed by atoms with E-state index in [1.807, 2.05) is 57.3 Å². The monoisotopic (exact) mass is 452 g/mol. The van der Waals surface area contributed by atoms with Gasteiger partial charge in [-0.05, 0) is 35.2 Å². The molecule has 3 heterocycles. The molecule has 0 spiro atoms. The predicted octanol–water partition coefficient (Wildman–Crippen LogP) is 5.13. The maximum Gasteiger partial charge on any atom is 0.266 e. The van der Waals surface area contributed by atoms with Crippen molar-refractivity contribution in [2.45, 2.75) is 20.8 Å². The molecule has 170 valence electrons. The third-order valence-electron chi connectivity index (χ3n) is 5.06. The number of amides is 1. The van der Waals surface area contributed by atoms with Gasteiger partial charge in [0, 0.05) is 46.9 Å². The van der Waals surface area contributed by atoms with Crippen molar-refractivity contribution in [3.05, 3.63) is 66.9 Å². The number of rotatable bonds is 5. The molecule has 0 aliphatic carbocycles. The number of nitrogens with zero attached hydrogens (tertiary/aromatic N) is 4. The fourth-order valence-corrected chi connectivity index (χ4v) is 3.56. The van der Waals surface area contributed by atoms with E-state index in [2.05, 4.69) is 25.3 Å². The average molecular weight is 453 g/mol. The molecule has 0 fully saturated rings. The Bertz CT molecular complexity index is 1430. The highest BCUT2D eigenvalue weighted by molar-refractivity contribution is 6.07. The lowest BCUT2D eigenvalue weighted by atomic mass is 9.93. The normalized spacial score (nSPS) is 11.8. The molecule has 3 aromatic heterocycles. The Morgan fingerprint density at radius 1 is 1.18 bits per heavy atom. The number of carbonyl (C=O) groups is 1. The van der Waals surface area contributed by atoms with Crippen LogP contribution in [0.2, 0.25) is 0 Å². The van der Waals surface area contributed by atoms with Gasteiger partial charge >= 0.3 is 0 Å². The Morgan fingerprint density at radius 2 is 2.00 bits per heavy atom. The first-order chi connectivity index (χ1) is 16.3. The number of anilines is 1. The van der Waals surface area contributed by atoms with E-state index in [1.165, 1.54) is 6.33 Å². The highest BCUT2D eigenvalue weighted by atomic mass is 16.5. The Hall–Kier alpha value is -4.51. The molecule has 34 heavy (non-hydrogen) atoms. The third-order valence-corrected chi connectivity index (χ3v) is 5.06. The zero-order valence-corrected chi connectivity index (χ0v) is 19.4. The number of benzene rings is 1. The van der Waals surface area contributed by atoms with Gasteiger partial charge in [-0.15, -0.1) is 0 Å². The van der Waals surface area contributed by atoms with Crippen LogP contribution in [0, 0.1) is 16.7 Å². The van der Waals surface area contributed by atoms with Gasteiger partial charge in [-0.2, -0.15) is 5.26 Å². The van der Waals surface area contributed by atoms with Crippen LogP contribution in [0.1, 0.15) is 20.8 Å². The molecule has 4 rings (SSSR count). The van der Waals surface area contributed by atoms with Gasteiger partial charge in [0.15, 0.2) is 0 Å². The minimum absolute atomic E-state index is 0.0572. The minimum atomic E-state index is -0.470. The Labute approximate surface area is 197 Å². The van der Waals surface area contributed by atoms with Crippen molar-refractivity contribution >= 4 is 22.6 Å². The largest absolute Gasteiger partial charge is 0.497 e. The quantitative estimate of drug-likeness (QED) is 0.320. The van der Waals surface area contributed by atoms with Crippen molar-refractivity contribution in [3.8, 4) is 34.2 Å². The maximum absolute atomic E-state index is 12.7. The fraction of sp³-hybridized carbons (Fsp3) is 0.192. The minimum Gasteiger partial charge on any atom is -0.497 e. The molecule has 0 saturated carbocycles. The van der Waals surface area contributed by atoms with Crippen LogP contribution < -0.4 is 10.1 Å². The van der Waals surface area contributed by atoms with Crippen molar-refractivity contribution in [1.82, 2.24) is 19.9 Å². The Balaban J connectivity index is 1.73. The molecule has 1 amide bonds. The number of ether oxygens (including phenoxy) is 1. The molecule has 0 bridgehead atoms. The number of methoxy groups -OCH3 is 1. The summed E-state index contributed by atoms with van der Waals surface area (Å²) in [5, 5.41) is 13.2. The van der Waals surface area contributed by atoms with Crippen LogP contribution in [0.5, 0.6) is 5.75 Å². The van der Waals surface area contributed by atoms with Crippen molar-refractivity contribution < 1.29 is 9.53 Å². The summed E-state index contributed by atoms with van der Waals surface area (Å²) in [4.78, 5) is 28.8. The summed E-state index contributed by atoms with van der Waals surface area (Å²) in [6.07, 6.45) is 8.47. The number of aromatic amines is 1. The molecule has 4 aromatic rings. The van der Waals surface area contributed by atoms with Crippen LogP contribution in [-0.2, 0) is 4.79 Å². The van der Waals surface area contributed by atoms with E-state index < -0.39 is 5.91 Å². The van der Waals surface area contributed by atoms with Crippen LogP contribution in [-0.4, -0.2) is 33.0 Å². The summed E-state index contributed by atoms with van der Waals surface area (Å²) in [6.45, 7) is 5.80. The average Bonchev–Trinajstić information content (AvgIpc) is 3.25. The summed E-state index contributed by atoms with van der Waals surface area (Å²) in [6, 6.07) is 11.2. The van der Waals surface area contributed by atoms with E-state index in [1.54, 1.807) is 31.6 Å². The van der Waals surface area contributed by atoms with E-state index in [-0.39, 0.29) is 11.0 Å². The van der Waals surface area contributed by atoms with E-state index in [0.717, 1.165) is 33.4 Å². The number of carbonyl (C=O) groups excluding carboxylic acids is 1. The lowest BCUT2D eigenvalue weighted by molar-refractivity contribution is -0.112. The van der Waals surface area contributed by atoms with Gasteiger partial charge in [-0.3, -0.25) is 4.79 Å². The summed E-state index contributed by atoms with van der Waals surface area (Å²) < 4.78 is 5.46. The highest BCUT2D eigenvalue weighted by Crippen LogP contribution is 2.33. The number of allylic oxidation sites excluding steroid dienone is 1. The smallest absolute Gasteiger partial charge is 0.266 e. The molecule has 0 radical (unpaired) electrons. The number of pyridine rings is 1. The van der Waals surface area contributed by atoms with Gasteiger partial charge in [0.25, 0.3) is 5.91 Å². The molecule has 8 nitrogen and oxygen atoms in total. The molecule has 0 aliphatic rings. The second-order valence-electron chi connectivity index (χ2n) is 8.86. The van der Waals surface area contributed by atoms with Gasteiger partial charge < -0.3 is 15.0 Å². The van der Waals surface area contributed by atoms with E-state index >= 15 is 0 Å². The highest BCUT2D eigenvalue weighted by Gasteiger charge is 2.16. The van der Waals surface area contributed by atoms with Crippen molar-refractivity contribution in [2.75, 3.05) is 12.4 Å². The van der Waals surface area contributed by atoms with Crippen LogP contribution in [0.3, 0.4) is 0 Å². The maximum atomic E-state index is 12.7. The first kappa shape index (κ1) is 22.7. The second kappa shape index (κ2) is 9.16. The topological polar surface area (TPSA) is 117 Å². The van der Waals surface area contributed by atoms with Crippen LogP contribution >= 0.6 is 0 Å². The molecular formula is C26H24N6O2. The number of H-pyrrole nitrogens is 1. The lowest BCUT2D eigenvalue weighted by Gasteiger charge is -2.14. The number of hydrogen-bond acceptors (Lipinski definition) is 6. The zero-order chi connectivity index (χ0) is 24.3. The molecule has 0 atom stereocenters. The molecule has 0 unspecified atom stereocenters. The molecule has 0 saturated heterocycles. The van der Waals surface area contributed by atoms with Crippen LogP contribution in [0.4, 0.5) is 5.69 Å². The fourth-order valence-electron chi connectivity index (χ4n) is 3.56.